The second-order valence-corrected chi connectivity index (χ2v) is 3.79. The third-order valence-corrected chi connectivity index (χ3v) is 2.71. The molecule has 0 unspecified atom stereocenters. The van der Waals surface area contributed by atoms with Gasteiger partial charge in [0, 0.05) is 19.3 Å². The maximum absolute atomic E-state index is 12.0. The molecule has 2 rings (SSSR count). The van der Waals surface area contributed by atoms with Crippen molar-refractivity contribution in [2.24, 2.45) is 0 Å². The summed E-state index contributed by atoms with van der Waals surface area (Å²) < 4.78 is 0. The Bertz CT molecular complexity index is 359. The number of hydrogen-bond donors (Lipinski definition) is 1. The number of nitrogens with two attached hydrogens (primary N) is 1. The Morgan fingerprint density at radius 3 is 2.73 bits per heavy atom. The highest BCUT2D eigenvalue weighted by Crippen LogP contribution is 2.15. The zero-order valence-corrected chi connectivity index (χ0v) is 8.65. The van der Waals surface area contributed by atoms with Crippen LogP contribution in [0.25, 0.3) is 0 Å². The third-order valence-electron chi connectivity index (χ3n) is 2.71. The molecule has 1 saturated heterocycles. The van der Waals surface area contributed by atoms with Crippen molar-refractivity contribution in [1.82, 2.24) is 9.88 Å². The molecule has 1 fully saturated rings. The van der Waals surface area contributed by atoms with Crippen LogP contribution in [-0.2, 0) is 0 Å². The zero-order valence-electron chi connectivity index (χ0n) is 8.65. The largest absolute Gasteiger partial charge is 0.383 e. The van der Waals surface area contributed by atoms with Gasteiger partial charge in [0.25, 0.3) is 5.91 Å². The van der Waals surface area contributed by atoms with Crippen LogP contribution in [0.2, 0.25) is 0 Å². The van der Waals surface area contributed by atoms with Crippen molar-refractivity contribution in [3.8, 4) is 0 Å². The number of anilines is 1. The molecule has 15 heavy (non-hydrogen) atoms. The number of pyridine rings is 1. The lowest BCUT2D eigenvalue weighted by Gasteiger charge is -2.26. The first-order valence-corrected chi connectivity index (χ1v) is 5.29. The summed E-state index contributed by atoms with van der Waals surface area (Å²) in [7, 11) is 0. The number of amides is 1. The lowest BCUT2D eigenvalue weighted by atomic mass is 10.1. The van der Waals surface area contributed by atoms with Gasteiger partial charge in [-0.25, -0.2) is 4.98 Å². The van der Waals surface area contributed by atoms with Crippen LogP contribution in [0.1, 0.15) is 29.6 Å². The Morgan fingerprint density at radius 2 is 2.07 bits per heavy atom. The smallest absolute Gasteiger partial charge is 0.257 e. The van der Waals surface area contributed by atoms with E-state index < -0.39 is 0 Å². The van der Waals surface area contributed by atoms with E-state index in [2.05, 4.69) is 4.98 Å². The van der Waals surface area contributed by atoms with Crippen LogP contribution < -0.4 is 5.73 Å². The maximum atomic E-state index is 12.0. The molecule has 0 saturated carbocycles. The van der Waals surface area contributed by atoms with E-state index in [1.54, 1.807) is 18.3 Å². The van der Waals surface area contributed by atoms with Gasteiger partial charge in [0.1, 0.15) is 5.82 Å². The molecule has 0 bridgehead atoms. The molecular formula is C11H15N3O. The first-order chi connectivity index (χ1) is 7.29. The van der Waals surface area contributed by atoms with E-state index in [1.165, 1.54) is 6.42 Å². The Balaban J connectivity index is 2.16. The van der Waals surface area contributed by atoms with Crippen LogP contribution in [0.5, 0.6) is 0 Å². The minimum Gasteiger partial charge on any atom is -0.383 e. The zero-order chi connectivity index (χ0) is 10.7. The van der Waals surface area contributed by atoms with E-state index in [0.29, 0.717) is 11.4 Å². The topological polar surface area (TPSA) is 59.2 Å². The molecule has 0 aliphatic carbocycles. The fourth-order valence-electron chi connectivity index (χ4n) is 1.87. The van der Waals surface area contributed by atoms with Gasteiger partial charge in [-0.05, 0) is 31.4 Å². The quantitative estimate of drug-likeness (QED) is 0.751. The molecular weight excluding hydrogens is 190 g/mol. The van der Waals surface area contributed by atoms with E-state index in [1.807, 2.05) is 4.90 Å². The molecule has 0 radical (unpaired) electrons. The molecule has 0 atom stereocenters. The van der Waals surface area contributed by atoms with Crippen LogP contribution in [0.4, 0.5) is 5.82 Å². The molecule has 2 N–H and O–H groups in total. The number of nitrogens with zero attached hydrogens (tertiary/aromatic N) is 2. The van der Waals surface area contributed by atoms with Crippen molar-refractivity contribution in [2.45, 2.75) is 19.3 Å². The lowest BCUT2D eigenvalue weighted by Crippen LogP contribution is -2.36. The second-order valence-electron chi connectivity index (χ2n) is 3.79. The minimum atomic E-state index is 0.0142. The van der Waals surface area contributed by atoms with Crippen molar-refractivity contribution in [3.05, 3.63) is 23.9 Å². The van der Waals surface area contributed by atoms with Crippen LogP contribution in [0, 0.1) is 0 Å². The highest BCUT2D eigenvalue weighted by Gasteiger charge is 2.19. The molecule has 4 nitrogen and oxygen atoms in total. The number of likely N-dealkylation sites (tertiary alicyclic amines) is 1. The number of rotatable bonds is 1. The standard InChI is InChI=1S/C11H15N3O/c12-10-9(5-4-6-13-10)11(15)14-7-2-1-3-8-14/h4-6H,1-3,7-8H2,(H2,12,13). The lowest BCUT2D eigenvalue weighted by molar-refractivity contribution is 0.0725. The van der Waals surface area contributed by atoms with Gasteiger partial charge >= 0.3 is 0 Å². The summed E-state index contributed by atoms with van der Waals surface area (Å²) in [5, 5.41) is 0. The molecule has 1 aliphatic rings. The van der Waals surface area contributed by atoms with Crippen molar-refractivity contribution < 1.29 is 4.79 Å². The number of piperidine rings is 1. The monoisotopic (exact) mass is 205 g/mol. The van der Waals surface area contributed by atoms with Gasteiger partial charge in [-0.15, -0.1) is 0 Å². The number of carbonyl (C=O) groups excluding carboxylic acids is 1. The molecule has 4 heteroatoms. The Labute approximate surface area is 89.1 Å². The predicted octanol–water partition coefficient (Wildman–Crippen LogP) is 1.29. The van der Waals surface area contributed by atoms with Crippen molar-refractivity contribution in [2.75, 3.05) is 18.8 Å². The van der Waals surface area contributed by atoms with Crippen LogP contribution in [0.15, 0.2) is 18.3 Å². The van der Waals surface area contributed by atoms with Gasteiger partial charge in [-0.3, -0.25) is 4.79 Å². The number of nitrogen functional groups attached to an aromatic ring is 1. The average Bonchev–Trinajstić information content (AvgIpc) is 2.30. The molecule has 1 aromatic heterocycles. The molecule has 1 amide bonds. The first kappa shape index (κ1) is 9.96. The molecule has 80 valence electrons. The van der Waals surface area contributed by atoms with Crippen LogP contribution in [0.3, 0.4) is 0 Å². The van der Waals surface area contributed by atoms with Crippen molar-refractivity contribution in [1.29, 1.82) is 0 Å². The van der Waals surface area contributed by atoms with Gasteiger partial charge in [0.15, 0.2) is 0 Å². The normalized spacial score (nSPS) is 16.4. The summed E-state index contributed by atoms with van der Waals surface area (Å²) in [5.74, 6) is 0.341. The maximum Gasteiger partial charge on any atom is 0.257 e. The van der Waals surface area contributed by atoms with Crippen LogP contribution >= 0.6 is 0 Å². The number of hydrogen-bond acceptors (Lipinski definition) is 3. The minimum absolute atomic E-state index is 0.0142. The Hall–Kier alpha value is -1.58. The summed E-state index contributed by atoms with van der Waals surface area (Å²) >= 11 is 0. The fraction of sp³-hybridized carbons (Fsp3) is 0.455. The highest BCUT2D eigenvalue weighted by molar-refractivity contribution is 5.98. The van der Waals surface area contributed by atoms with Crippen LogP contribution in [-0.4, -0.2) is 28.9 Å². The SMILES string of the molecule is Nc1ncccc1C(=O)N1CCCCC1. The highest BCUT2D eigenvalue weighted by atomic mass is 16.2. The number of carbonyl (C=O) groups is 1. The van der Waals surface area contributed by atoms with E-state index in [9.17, 15) is 4.79 Å². The first-order valence-electron chi connectivity index (χ1n) is 5.29. The van der Waals surface area contributed by atoms with Gasteiger partial charge in [0.2, 0.25) is 0 Å². The molecule has 0 spiro atoms. The Kier molecular flexibility index (Phi) is 2.85. The summed E-state index contributed by atoms with van der Waals surface area (Å²) in [4.78, 5) is 17.8. The molecule has 1 aliphatic heterocycles. The number of aromatic nitrogens is 1. The average molecular weight is 205 g/mol. The van der Waals surface area contributed by atoms with Crippen molar-refractivity contribution in [3.63, 3.8) is 0 Å². The second kappa shape index (κ2) is 4.29. The molecule has 1 aromatic rings. The predicted molar refractivity (Wildman–Crippen MR) is 58.4 cm³/mol. The summed E-state index contributed by atoms with van der Waals surface area (Å²) in [6, 6.07) is 3.48. The summed E-state index contributed by atoms with van der Waals surface area (Å²) in [6.45, 7) is 1.68. The van der Waals surface area contributed by atoms with Gasteiger partial charge in [-0.1, -0.05) is 0 Å². The Morgan fingerprint density at radius 1 is 1.33 bits per heavy atom. The summed E-state index contributed by atoms with van der Waals surface area (Å²) in [5.41, 5.74) is 6.20. The summed E-state index contributed by atoms with van der Waals surface area (Å²) in [6.07, 6.45) is 4.99. The van der Waals surface area contributed by atoms with E-state index in [0.717, 1.165) is 25.9 Å². The van der Waals surface area contributed by atoms with Gasteiger partial charge in [0.05, 0.1) is 5.56 Å². The van der Waals surface area contributed by atoms with E-state index in [4.69, 9.17) is 5.73 Å². The molecule has 2 heterocycles. The molecule has 0 aromatic carbocycles. The third kappa shape index (κ3) is 2.09. The van der Waals surface area contributed by atoms with Gasteiger partial charge in [-0.2, -0.15) is 0 Å². The van der Waals surface area contributed by atoms with Gasteiger partial charge < -0.3 is 10.6 Å². The van der Waals surface area contributed by atoms with E-state index in [-0.39, 0.29) is 5.91 Å². The van der Waals surface area contributed by atoms with Crippen molar-refractivity contribution >= 4 is 11.7 Å². The fourth-order valence-corrected chi connectivity index (χ4v) is 1.87. The van der Waals surface area contributed by atoms with E-state index >= 15 is 0 Å².